The normalized spacial score (nSPS) is 24.5. The topological polar surface area (TPSA) is 93.4 Å². The van der Waals surface area contributed by atoms with E-state index < -0.39 is 21.8 Å². The fraction of sp³-hybridized carbons (Fsp3) is 0.500. The molecule has 0 aliphatic carbocycles. The minimum Gasteiger partial charge on any atom is -0.369 e. The van der Waals surface area contributed by atoms with E-state index in [0.717, 1.165) is 0 Å². The van der Waals surface area contributed by atoms with Crippen molar-refractivity contribution in [3.05, 3.63) is 22.9 Å². The number of nitrogens with two attached hydrogens (primary N) is 1. The van der Waals surface area contributed by atoms with Gasteiger partial charge in [-0.25, -0.2) is 8.42 Å². The number of halogens is 1. The van der Waals surface area contributed by atoms with Gasteiger partial charge in [0.1, 0.15) is 4.90 Å². The molecule has 110 valence electrons. The summed E-state index contributed by atoms with van der Waals surface area (Å²) in [5, 5.41) is 0. The first-order valence-corrected chi connectivity index (χ1v) is 8.47. The Morgan fingerprint density at radius 1 is 1.45 bits per heavy atom. The zero-order valence-electron chi connectivity index (χ0n) is 11.0. The number of hydrogen-bond donors (Lipinski definition) is 1. The van der Waals surface area contributed by atoms with Gasteiger partial charge in [-0.3, -0.25) is 9.78 Å². The molecule has 0 bridgehead atoms. The van der Waals surface area contributed by atoms with Crippen molar-refractivity contribution in [3.63, 3.8) is 0 Å². The number of hydrogen-bond acceptors (Lipinski definition) is 4. The maximum atomic E-state index is 12.6. The van der Waals surface area contributed by atoms with Gasteiger partial charge in [0.15, 0.2) is 0 Å². The van der Waals surface area contributed by atoms with Crippen LogP contribution in [-0.2, 0) is 14.8 Å². The second kappa shape index (κ2) is 5.79. The van der Waals surface area contributed by atoms with Gasteiger partial charge in [0, 0.05) is 29.5 Å². The van der Waals surface area contributed by atoms with Crippen LogP contribution < -0.4 is 5.73 Å². The van der Waals surface area contributed by atoms with E-state index in [1.165, 1.54) is 22.8 Å². The molecule has 1 aliphatic rings. The number of primary amides is 1. The van der Waals surface area contributed by atoms with Crippen molar-refractivity contribution < 1.29 is 13.2 Å². The Morgan fingerprint density at radius 3 is 2.75 bits per heavy atom. The Kier molecular flexibility index (Phi) is 4.46. The monoisotopic (exact) mass is 361 g/mol. The molecule has 6 nitrogen and oxygen atoms in total. The summed E-state index contributed by atoms with van der Waals surface area (Å²) < 4.78 is 27.2. The van der Waals surface area contributed by atoms with Crippen LogP contribution in [-0.4, -0.2) is 36.2 Å². The number of aromatic nitrogens is 1. The molecule has 8 heteroatoms. The molecule has 2 heterocycles. The summed E-state index contributed by atoms with van der Waals surface area (Å²) in [5.74, 6) is -0.884. The number of carbonyl (C=O) groups excluding carboxylic acids is 1. The molecule has 1 fully saturated rings. The van der Waals surface area contributed by atoms with Crippen molar-refractivity contribution in [2.75, 3.05) is 6.54 Å². The van der Waals surface area contributed by atoms with Crippen molar-refractivity contribution >= 4 is 31.9 Å². The van der Waals surface area contributed by atoms with Gasteiger partial charge in [0.25, 0.3) is 0 Å². The third-order valence-electron chi connectivity index (χ3n) is 3.51. The number of piperidine rings is 1. The molecular formula is C12H16BrN3O3S. The molecule has 2 N–H and O–H groups in total. The van der Waals surface area contributed by atoms with Crippen LogP contribution in [0.25, 0.3) is 0 Å². The van der Waals surface area contributed by atoms with Gasteiger partial charge in [0.2, 0.25) is 15.9 Å². The van der Waals surface area contributed by atoms with Crippen LogP contribution in [0, 0.1) is 5.92 Å². The highest BCUT2D eigenvalue weighted by Crippen LogP contribution is 2.28. The summed E-state index contributed by atoms with van der Waals surface area (Å²) in [6, 6.07) is 1.35. The Bertz CT molecular complexity index is 620. The molecule has 0 aromatic carbocycles. The predicted molar refractivity (Wildman–Crippen MR) is 77.2 cm³/mol. The fourth-order valence-corrected chi connectivity index (χ4v) is 4.52. The predicted octanol–water partition coefficient (Wildman–Crippen LogP) is 1.12. The number of amides is 1. The highest BCUT2D eigenvalue weighted by atomic mass is 79.9. The van der Waals surface area contributed by atoms with Crippen molar-refractivity contribution in [3.8, 4) is 0 Å². The largest absolute Gasteiger partial charge is 0.369 e. The number of carbonyl (C=O) groups is 1. The fourth-order valence-electron chi connectivity index (χ4n) is 2.31. The van der Waals surface area contributed by atoms with Crippen LogP contribution in [0.5, 0.6) is 0 Å². The molecule has 1 aliphatic heterocycles. The van der Waals surface area contributed by atoms with E-state index in [-0.39, 0.29) is 17.5 Å². The van der Waals surface area contributed by atoms with Gasteiger partial charge in [-0.05, 0) is 41.8 Å². The third-order valence-corrected chi connectivity index (χ3v) is 5.89. The Hall–Kier alpha value is -0.990. The molecule has 1 saturated heterocycles. The molecule has 20 heavy (non-hydrogen) atoms. The van der Waals surface area contributed by atoms with Crippen LogP contribution in [0.15, 0.2) is 27.8 Å². The van der Waals surface area contributed by atoms with E-state index >= 15 is 0 Å². The average molecular weight is 362 g/mol. The molecule has 0 saturated carbocycles. The Balaban J connectivity index is 2.34. The molecule has 1 aromatic heterocycles. The van der Waals surface area contributed by atoms with Gasteiger partial charge < -0.3 is 5.73 Å². The lowest BCUT2D eigenvalue weighted by atomic mass is 9.95. The second-order valence-electron chi connectivity index (χ2n) is 4.94. The van der Waals surface area contributed by atoms with Gasteiger partial charge in [-0.1, -0.05) is 0 Å². The highest BCUT2D eigenvalue weighted by Gasteiger charge is 2.36. The summed E-state index contributed by atoms with van der Waals surface area (Å²) in [6.45, 7) is 1.96. The van der Waals surface area contributed by atoms with E-state index in [4.69, 9.17) is 5.73 Å². The SMILES string of the molecule is CC1CCC(C(N)=O)CN1S(=O)(=O)c1cncc(Br)c1. The standard InChI is InChI=1S/C12H16BrN3O3S/c1-8-2-3-9(12(14)17)7-16(8)20(18,19)11-4-10(13)5-15-6-11/h4-6,8-9H,2-3,7H2,1H3,(H2,14,17). The van der Waals surface area contributed by atoms with Gasteiger partial charge in [-0.2, -0.15) is 4.31 Å². The highest BCUT2D eigenvalue weighted by molar-refractivity contribution is 9.10. The van der Waals surface area contributed by atoms with E-state index in [2.05, 4.69) is 20.9 Å². The molecule has 2 unspecified atom stereocenters. The van der Waals surface area contributed by atoms with Crippen LogP contribution in [0.2, 0.25) is 0 Å². The lowest BCUT2D eigenvalue weighted by Gasteiger charge is -2.35. The van der Waals surface area contributed by atoms with E-state index in [9.17, 15) is 13.2 Å². The Morgan fingerprint density at radius 2 is 2.15 bits per heavy atom. The lowest BCUT2D eigenvalue weighted by molar-refractivity contribution is -0.123. The molecule has 1 amide bonds. The lowest BCUT2D eigenvalue weighted by Crippen LogP contribution is -2.48. The molecule has 2 rings (SSSR count). The molecule has 2 atom stereocenters. The molecule has 0 spiro atoms. The molecular weight excluding hydrogens is 346 g/mol. The molecule has 0 radical (unpaired) electrons. The summed E-state index contributed by atoms with van der Waals surface area (Å²) in [6.07, 6.45) is 4.07. The number of sulfonamides is 1. The number of rotatable bonds is 3. The van der Waals surface area contributed by atoms with E-state index in [1.807, 2.05) is 6.92 Å². The zero-order valence-corrected chi connectivity index (χ0v) is 13.4. The van der Waals surface area contributed by atoms with Gasteiger partial charge >= 0.3 is 0 Å². The van der Waals surface area contributed by atoms with Crippen molar-refractivity contribution in [2.24, 2.45) is 11.7 Å². The summed E-state index contributed by atoms with van der Waals surface area (Å²) in [4.78, 5) is 15.3. The zero-order chi connectivity index (χ0) is 14.9. The molecule has 1 aromatic rings. The summed E-state index contributed by atoms with van der Waals surface area (Å²) in [5.41, 5.74) is 5.30. The maximum absolute atomic E-state index is 12.6. The number of nitrogens with zero attached hydrogens (tertiary/aromatic N) is 2. The second-order valence-corrected chi connectivity index (χ2v) is 7.75. The van der Waals surface area contributed by atoms with Gasteiger partial charge in [0.05, 0.1) is 5.92 Å². The Labute approximate surface area is 126 Å². The third kappa shape index (κ3) is 3.02. The van der Waals surface area contributed by atoms with E-state index in [0.29, 0.717) is 17.3 Å². The maximum Gasteiger partial charge on any atom is 0.244 e. The van der Waals surface area contributed by atoms with Crippen LogP contribution in [0.3, 0.4) is 0 Å². The summed E-state index contributed by atoms with van der Waals surface area (Å²) in [7, 11) is -3.67. The van der Waals surface area contributed by atoms with Crippen molar-refractivity contribution in [1.29, 1.82) is 0 Å². The quantitative estimate of drug-likeness (QED) is 0.872. The first kappa shape index (κ1) is 15.4. The average Bonchev–Trinajstić information content (AvgIpc) is 2.38. The first-order valence-electron chi connectivity index (χ1n) is 6.24. The minimum atomic E-state index is -3.67. The van der Waals surface area contributed by atoms with Crippen LogP contribution in [0.4, 0.5) is 0 Å². The first-order chi connectivity index (χ1) is 9.32. The minimum absolute atomic E-state index is 0.115. The van der Waals surface area contributed by atoms with E-state index in [1.54, 1.807) is 0 Å². The van der Waals surface area contributed by atoms with Crippen molar-refractivity contribution in [1.82, 2.24) is 9.29 Å². The summed E-state index contributed by atoms with van der Waals surface area (Å²) >= 11 is 3.21. The van der Waals surface area contributed by atoms with Crippen LogP contribution >= 0.6 is 15.9 Å². The smallest absolute Gasteiger partial charge is 0.244 e. The number of pyridine rings is 1. The van der Waals surface area contributed by atoms with Gasteiger partial charge in [-0.15, -0.1) is 0 Å². The van der Waals surface area contributed by atoms with Crippen molar-refractivity contribution in [2.45, 2.75) is 30.7 Å². The van der Waals surface area contributed by atoms with Crippen LogP contribution in [0.1, 0.15) is 19.8 Å².